The number of ether oxygens (including phenoxy) is 2. The molecular formula is C16H16BrNO4S2. The maximum absolute atomic E-state index is 13.0. The number of rotatable bonds is 3. The molecule has 24 heavy (non-hydrogen) atoms. The molecule has 2 aliphatic rings. The second-order valence-electron chi connectivity index (χ2n) is 5.74. The van der Waals surface area contributed by atoms with Crippen LogP contribution in [0.2, 0.25) is 0 Å². The van der Waals surface area contributed by atoms with Gasteiger partial charge < -0.3 is 9.47 Å². The molecule has 0 saturated carbocycles. The van der Waals surface area contributed by atoms with Crippen LogP contribution in [0.25, 0.3) is 0 Å². The number of fused-ring (bicyclic) bond motifs is 1. The topological polar surface area (TPSA) is 55.8 Å². The summed E-state index contributed by atoms with van der Waals surface area (Å²) >= 11 is 4.58. The van der Waals surface area contributed by atoms with Crippen LogP contribution < -0.4 is 9.47 Å². The van der Waals surface area contributed by atoms with Gasteiger partial charge >= 0.3 is 0 Å². The zero-order valence-electron chi connectivity index (χ0n) is 12.8. The van der Waals surface area contributed by atoms with Gasteiger partial charge in [0.15, 0.2) is 11.5 Å². The zero-order chi connectivity index (χ0) is 16.7. The van der Waals surface area contributed by atoms with Crippen molar-refractivity contribution >= 4 is 37.3 Å². The van der Waals surface area contributed by atoms with Crippen LogP contribution in [0.5, 0.6) is 11.5 Å². The molecular weight excluding hydrogens is 414 g/mol. The van der Waals surface area contributed by atoms with Crippen molar-refractivity contribution in [1.29, 1.82) is 0 Å². The first-order valence-electron chi connectivity index (χ1n) is 7.72. The number of hydrogen-bond donors (Lipinski definition) is 0. The van der Waals surface area contributed by atoms with Crippen LogP contribution >= 0.6 is 27.3 Å². The second-order valence-corrected chi connectivity index (χ2v) is 10.3. The van der Waals surface area contributed by atoms with E-state index in [2.05, 4.69) is 15.9 Å². The summed E-state index contributed by atoms with van der Waals surface area (Å²) in [5, 5.41) is 0. The summed E-state index contributed by atoms with van der Waals surface area (Å²) in [7, 11) is -3.49. The molecule has 0 amide bonds. The summed E-state index contributed by atoms with van der Waals surface area (Å²) in [6, 6.07) is 8.99. The molecule has 2 aromatic rings. The Morgan fingerprint density at radius 3 is 2.67 bits per heavy atom. The van der Waals surface area contributed by atoms with Crippen LogP contribution in [0.4, 0.5) is 0 Å². The maximum Gasteiger partial charge on any atom is 0.253 e. The molecule has 1 atom stereocenters. The van der Waals surface area contributed by atoms with E-state index in [1.54, 1.807) is 16.4 Å². The highest BCUT2D eigenvalue weighted by Crippen LogP contribution is 2.41. The molecule has 0 aliphatic carbocycles. The van der Waals surface area contributed by atoms with Gasteiger partial charge in [0.2, 0.25) is 0 Å². The third-order valence-electron chi connectivity index (χ3n) is 4.27. The molecule has 0 bridgehead atoms. The first-order chi connectivity index (χ1) is 11.6. The predicted molar refractivity (Wildman–Crippen MR) is 95.3 cm³/mol. The summed E-state index contributed by atoms with van der Waals surface area (Å²) < 4.78 is 39.9. The summed E-state index contributed by atoms with van der Waals surface area (Å²) in [6.07, 6.45) is 1.66. The minimum atomic E-state index is -3.49. The molecule has 0 radical (unpaired) electrons. The van der Waals surface area contributed by atoms with E-state index in [0.29, 0.717) is 29.7 Å². The Hall–Kier alpha value is -1.09. The smallest absolute Gasteiger partial charge is 0.253 e. The van der Waals surface area contributed by atoms with E-state index >= 15 is 0 Å². The Morgan fingerprint density at radius 1 is 1.12 bits per heavy atom. The van der Waals surface area contributed by atoms with Crippen molar-refractivity contribution in [2.45, 2.75) is 23.1 Å². The highest BCUT2D eigenvalue weighted by molar-refractivity contribution is 9.11. The molecule has 4 rings (SSSR count). The number of benzene rings is 1. The Balaban J connectivity index is 1.68. The van der Waals surface area contributed by atoms with Gasteiger partial charge in [-0.15, -0.1) is 11.3 Å². The monoisotopic (exact) mass is 429 g/mol. The van der Waals surface area contributed by atoms with E-state index in [-0.39, 0.29) is 6.04 Å². The van der Waals surface area contributed by atoms with Gasteiger partial charge in [-0.25, -0.2) is 8.42 Å². The van der Waals surface area contributed by atoms with Crippen molar-refractivity contribution in [3.63, 3.8) is 0 Å². The third-order valence-corrected chi connectivity index (χ3v) is 8.27. The average molecular weight is 430 g/mol. The van der Waals surface area contributed by atoms with Gasteiger partial charge in [0.25, 0.3) is 10.0 Å². The number of thiophene rings is 1. The number of halogens is 1. The van der Waals surface area contributed by atoms with E-state index in [1.807, 2.05) is 18.2 Å². The van der Waals surface area contributed by atoms with Crippen LogP contribution in [0, 0.1) is 0 Å². The van der Waals surface area contributed by atoms with Gasteiger partial charge in [0.05, 0.1) is 9.83 Å². The fourth-order valence-electron chi connectivity index (χ4n) is 3.18. The predicted octanol–water partition coefficient (Wildman–Crippen LogP) is 3.81. The van der Waals surface area contributed by atoms with E-state index in [9.17, 15) is 8.42 Å². The van der Waals surface area contributed by atoms with Gasteiger partial charge in [-0.3, -0.25) is 0 Å². The highest BCUT2D eigenvalue weighted by Gasteiger charge is 2.37. The van der Waals surface area contributed by atoms with Gasteiger partial charge in [0.1, 0.15) is 17.4 Å². The van der Waals surface area contributed by atoms with Crippen molar-refractivity contribution < 1.29 is 17.9 Å². The normalized spacial score (nSPS) is 21.1. The lowest BCUT2D eigenvalue weighted by Gasteiger charge is -2.25. The summed E-state index contributed by atoms with van der Waals surface area (Å²) in [6.45, 7) is 1.60. The fraction of sp³-hybridized carbons (Fsp3) is 0.375. The largest absolute Gasteiger partial charge is 0.486 e. The SMILES string of the molecule is O=S(=O)(c1ccc(Br)s1)N1CCC[C@H]1c1ccc2c(c1)OCCO2. The van der Waals surface area contributed by atoms with Crippen molar-refractivity contribution in [2.75, 3.05) is 19.8 Å². The number of hydrogen-bond acceptors (Lipinski definition) is 5. The first-order valence-corrected chi connectivity index (χ1v) is 10.8. The van der Waals surface area contributed by atoms with Crippen LogP contribution in [0.1, 0.15) is 24.4 Å². The molecule has 1 saturated heterocycles. The Morgan fingerprint density at radius 2 is 1.92 bits per heavy atom. The molecule has 0 N–H and O–H groups in total. The van der Waals surface area contributed by atoms with Crippen LogP contribution in [0.3, 0.4) is 0 Å². The Bertz CT molecular complexity index is 865. The number of sulfonamides is 1. The zero-order valence-corrected chi connectivity index (χ0v) is 16.0. The Labute approximate surface area is 153 Å². The average Bonchev–Trinajstić information content (AvgIpc) is 3.24. The van der Waals surface area contributed by atoms with Gasteiger partial charge in [-0.05, 0) is 58.6 Å². The highest BCUT2D eigenvalue weighted by atomic mass is 79.9. The van der Waals surface area contributed by atoms with Crippen LogP contribution in [-0.4, -0.2) is 32.5 Å². The number of nitrogens with zero attached hydrogens (tertiary/aromatic N) is 1. The second kappa shape index (κ2) is 6.33. The van der Waals surface area contributed by atoms with E-state index in [4.69, 9.17) is 9.47 Å². The molecule has 128 valence electrons. The minimum absolute atomic E-state index is 0.160. The fourth-order valence-corrected chi connectivity index (χ4v) is 7.00. The minimum Gasteiger partial charge on any atom is -0.486 e. The quantitative estimate of drug-likeness (QED) is 0.743. The van der Waals surface area contributed by atoms with E-state index < -0.39 is 10.0 Å². The van der Waals surface area contributed by atoms with E-state index in [1.165, 1.54) is 11.3 Å². The molecule has 1 fully saturated rings. The van der Waals surface area contributed by atoms with Crippen LogP contribution in [0.15, 0.2) is 38.3 Å². The molecule has 2 aliphatic heterocycles. The summed E-state index contributed by atoms with van der Waals surface area (Å²) in [5.41, 5.74) is 0.955. The van der Waals surface area contributed by atoms with Gasteiger partial charge in [-0.2, -0.15) is 4.31 Å². The lowest BCUT2D eigenvalue weighted by atomic mass is 10.0. The van der Waals surface area contributed by atoms with Crippen molar-refractivity contribution in [3.8, 4) is 11.5 Å². The molecule has 5 nitrogen and oxygen atoms in total. The third kappa shape index (κ3) is 2.85. The molecule has 3 heterocycles. The molecule has 8 heteroatoms. The van der Waals surface area contributed by atoms with Gasteiger partial charge in [0, 0.05) is 6.54 Å². The molecule has 0 unspecified atom stereocenters. The van der Waals surface area contributed by atoms with Gasteiger partial charge in [-0.1, -0.05) is 6.07 Å². The first kappa shape index (κ1) is 16.4. The van der Waals surface area contributed by atoms with E-state index in [0.717, 1.165) is 27.9 Å². The lowest BCUT2D eigenvalue weighted by molar-refractivity contribution is 0.171. The molecule has 1 aromatic heterocycles. The molecule has 1 aromatic carbocycles. The van der Waals surface area contributed by atoms with Crippen molar-refractivity contribution in [3.05, 3.63) is 39.7 Å². The summed E-state index contributed by atoms with van der Waals surface area (Å²) in [4.78, 5) is 0. The van der Waals surface area contributed by atoms with Crippen molar-refractivity contribution in [2.24, 2.45) is 0 Å². The molecule has 0 spiro atoms. The maximum atomic E-state index is 13.0. The van der Waals surface area contributed by atoms with Crippen molar-refractivity contribution in [1.82, 2.24) is 4.31 Å². The van der Waals surface area contributed by atoms with Crippen LogP contribution in [-0.2, 0) is 10.0 Å². The standard InChI is InChI=1S/C16H16BrNO4S2/c17-15-5-6-16(23-15)24(19,20)18-7-1-2-12(18)11-3-4-13-14(10-11)22-9-8-21-13/h3-6,10,12H,1-2,7-9H2/t12-/m0/s1. The summed E-state index contributed by atoms with van der Waals surface area (Å²) in [5.74, 6) is 1.42. The Kier molecular flexibility index (Phi) is 4.32. The lowest BCUT2D eigenvalue weighted by Crippen LogP contribution is -2.30.